The summed E-state index contributed by atoms with van der Waals surface area (Å²) in [6, 6.07) is 7.07. The Labute approximate surface area is 217 Å². The van der Waals surface area contributed by atoms with Gasteiger partial charge >= 0.3 is 0 Å². The Bertz CT molecular complexity index is 1130. The van der Waals surface area contributed by atoms with Crippen LogP contribution in [0.4, 0.5) is 0 Å². The molecule has 1 aromatic heterocycles. The van der Waals surface area contributed by atoms with E-state index in [0.29, 0.717) is 14.9 Å². The van der Waals surface area contributed by atoms with E-state index in [0.717, 1.165) is 50.0 Å². The average Bonchev–Trinajstić information content (AvgIpc) is 3.40. The average molecular weight is 536 g/mol. The van der Waals surface area contributed by atoms with Gasteiger partial charge in [-0.15, -0.1) is 11.8 Å². The molecule has 1 N–H and O–H groups in total. The number of ketones is 1. The first-order valence-electron chi connectivity index (χ1n) is 11.2. The van der Waals surface area contributed by atoms with Gasteiger partial charge in [-0.2, -0.15) is 11.3 Å². The van der Waals surface area contributed by atoms with Crippen molar-refractivity contribution in [1.82, 2.24) is 10.2 Å². The van der Waals surface area contributed by atoms with E-state index in [1.165, 1.54) is 5.70 Å². The summed E-state index contributed by atoms with van der Waals surface area (Å²) >= 11 is 15.1. The topological polar surface area (TPSA) is 58.6 Å². The molecule has 5 rings (SSSR count). The van der Waals surface area contributed by atoms with Crippen LogP contribution in [-0.4, -0.2) is 48.1 Å². The van der Waals surface area contributed by atoms with Gasteiger partial charge in [-0.3, -0.25) is 9.59 Å². The fourth-order valence-electron chi connectivity index (χ4n) is 4.82. The molecule has 2 aromatic rings. The minimum Gasteiger partial charge on any atom is -0.378 e. The van der Waals surface area contributed by atoms with Crippen LogP contribution >= 0.6 is 46.3 Å². The molecule has 5 nitrogen and oxygen atoms in total. The molecule has 3 unspecified atom stereocenters. The molecule has 9 heteroatoms. The molecule has 1 amide bonds. The number of nitrogens with one attached hydrogen (secondary N) is 1. The van der Waals surface area contributed by atoms with Gasteiger partial charge in [0.25, 0.3) is 0 Å². The summed E-state index contributed by atoms with van der Waals surface area (Å²) in [4.78, 5) is 29.8. The molecule has 1 aromatic carbocycles. The van der Waals surface area contributed by atoms with Gasteiger partial charge < -0.3 is 15.0 Å². The van der Waals surface area contributed by atoms with Gasteiger partial charge in [0.1, 0.15) is 5.25 Å². The van der Waals surface area contributed by atoms with Gasteiger partial charge in [-0.25, -0.2) is 0 Å². The number of rotatable bonds is 5. The van der Waals surface area contributed by atoms with E-state index in [9.17, 15) is 9.59 Å². The first kappa shape index (κ1) is 23.9. The number of amides is 1. The number of nitrogens with zero attached hydrogens (tertiary/aromatic N) is 1. The van der Waals surface area contributed by atoms with Crippen LogP contribution < -0.4 is 5.32 Å². The van der Waals surface area contributed by atoms with Gasteiger partial charge in [0.2, 0.25) is 5.91 Å². The van der Waals surface area contributed by atoms with Crippen LogP contribution in [0.3, 0.4) is 0 Å². The summed E-state index contributed by atoms with van der Waals surface area (Å²) in [5, 5.41) is 7.41. The van der Waals surface area contributed by atoms with Gasteiger partial charge in [-0.05, 0) is 53.1 Å². The zero-order valence-electron chi connectivity index (χ0n) is 18.3. The van der Waals surface area contributed by atoms with E-state index < -0.39 is 10.8 Å². The quantitative estimate of drug-likeness (QED) is 0.528. The Morgan fingerprint density at radius 1 is 1.18 bits per heavy atom. The van der Waals surface area contributed by atoms with Crippen molar-refractivity contribution in [1.29, 1.82) is 0 Å². The van der Waals surface area contributed by atoms with Crippen molar-refractivity contribution in [3.05, 3.63) is 74.6 Å². The van der Waals surface area contributed by atoms with E-state index in [-0.39, 0.29) is 24.0 Å². The van der Waals surface area contributed by atoms with Crippen molar-refractivity contribution < 1.29 is 14.3 Å². The summed E-state index contributed by atoms with van der Waals surface area (Å²) in [6.07, 6.45) is 7.45. The molecular formula is C25H24Cl2N2O3S2. The first-order chi connectivity index (χ1) is 16.5. The predicted octanol–water partition coefficient (Wildman–Crippen LogP) is 5.29. The number of hydrogen-bond donors (Lipinski definition) is 1. The largest absolute Gasteiger partial charge is 0.378 e. The van der Waals surface area contributed by atoms with Gasteiger partial charge in [0.05, 0.1) is 23.8 Å². The third kappa shape index (κ3) is 4.69. The fourth-order valence-corrected chi connectivity index (χ4v) is 7.06. The van der Waals surface area contributed by atoms with Crippen molar-refractivity contribution in [2.24, 2.45) is 5.92 Å². The third-order valence-corrected chi connectivity index (χ3v) is 9.26. The number of allylic oxidation sites excluding steroid dienone is 2. The number of hydrogen-bond acceptors (Lipinski definition) is 6. The second kappa shape index (κ2) is 10.1. The second-order valence-electron chi connectivity index (χ2n) is 8.62. The molecule has 0 bridgehead atoms. The van der Waals surface area contributed by atoms with Crippen LogP contribution in [-0.2, 0) is 19.9 Å². The Hall–Kier alpha value is -1.77. The molecule has 0 saturated carbocycles. The Morgan fingerprint density at radius 2 is 2.00 bits per heavy atom. The van der Waals surface area contributed by atoms with Crippen LogP contribution in [0.25, 0.3) is 0 Å². The number of carbonyl (C=O) groups is 2. The zero-order valence-corrected chi connectivity index (χ0v) is 21.5. The maximum atomic E-state index is 13.5. The molecule has 3 heterocycles. The maximum Gasteiger partial charge on any atom is 0.241 e. The monoisotopic (exact) mass is 534 g/mol. The summed E-state index contributed by atoms with van der Waals surface area (Å²) in [6.45, 7) is 3.20. The van der Waals surface area contributed by atoms with Crippen molar-refractivity contribution in [2.75, 3.05) is 26.3 Å². The normalized spacial score (nSPS) is 27.5. The predicted molar refractivity (Wildman–Crippen MR) is 138 cm³/mol. The highest BCUT2D eigenvalue weighted by Gasteiger charge is 2.50. The molecule has 1 aliphatic carbocycles. The lowest BCUT2D eigenvalue weighted by atomic mass is 9.70. The lowest BCUT2D eigenvalue weighted by Crippen LogP contribution is -2.60. The van der Waals surface area contributed by atoms with Crippen molar-refractivity contribution in [2.45, 2.75) is 28.5 Å². The van der Waals surface area contributed by atoms with Crippen LogP contribution in [0, 0.1) is 5.92 Å². The molecule has 3 aliphatic rings. The second-order valence-corrected chi connectivity index (χ2v) is 11.4. The number of thiophene rings is 1. The molecule has 0 spiro atoms. The molecule has 2 saturated heterocycles. The molecule has 2 fully saturated rings. The summed E-state index contributed by atoms with van der Waals surface area (Å²) < 4.78 is 5.47. The molecule has 0 radical (unpaired) electrons. The summed E-state index contributed by atoms with van der Waals surface area (Å²) in [5.41, 5.74) is 1.38. The zero-order chi connectivity index (χ0) is 23.7. The minimum absolute atomic E-state index is 0.0273. The van der Waals surface area contributed by atoms with Gasteiger partial charge in [0.15, 0.2) is 5.78 Å². The smallest absolute Gasteiger partial charge is 0.241 e. The highest BCUT2D eigenvalue weighted by Crippen LogP contribution is 2.44. The van der Waals surface area contributed by atoms with E-state index in [2.05, 4.69) is 28.4 Å². The van der Waals surface area contributed by atoms with E-state index in [4.69, 9.17) is 27.9 Å². The SMILES string of the molecule is O=C1CC(c2ccsc2)(C2C=CC(N3CCOCC3)=CC2)NC(=O)C1Sc1cc(Cl)ccc1Cl. The Balaban J connectivity index is 1.39. The Kier molecular flexibility index (Phi) is 7.09. The fraction of sp³-hybridized carbons (Fsp3) is 0.360. The molecule has 3 atom stereocenters. The molecule has 178 valence electrons. The van der Waals surface area contributed by atoms with Crippen LogP contribution in [0.15, 0.2) is 63.8 Å². The van der Waals surface area contributed by atoms with Gasteiger partial charge in [-0.1, -0.05) is 35.4 Å². The number of piperidine rings is 1. The maximum absolute atomic E-state index is 13.5. The number of Topliss-reactive ketones (excluding diaryl/α,β-unsaturated/α-hetero) is 1. The van der Waals surface area contributed by atoms with Crippen LogP contribution in [0.5, 0.6) is 0 Å². The molecular weight excluding hydrogens is 511 g/mol. The molecule has 2 aliphatic heterocycles. The lowest BCUT2D eigenvalue weighted by molar-refractivity contribution is -0.134. The van der Waals surface area contributed by atoms with E-state index >= 15 is 0 Å². The highest BCUT2D eigenvalue weighted by atomic mass is 35.5. The Morgan fingerprint density at radius 3 is 2.68 bits per heavy atom. The van der Waals surface area contributed by atoms with Crippen molar-refractivity contribution in [3.8, 4) is 0 Å². The standard InChI is InChI=1S/C25H24Cl2N2O3S2/c26-18-3-6-20(27)22(13-18)34-23-21(30)14-25(28-24(23)31,17-7-12-33-15-17)16-1-4-19(5-2-16)29-8-10-32-11-9-29/h1,3-7,12-13,15-16,23H,2,8-11,14H2,(H,28,31). The van der Waals surface area contributed by atoms with Crippen molar-refractivity contribution >= 4 is 58.0 Å². The first-order valence-corrected chi connectivity index (χ1v) is 13.7. The lowest BCUT2D eigenvalue weighted by Gasteiger charge is -2.45. The van der Waals surface area contributed by atoms with E-state index in [1.54, 1.807) is 29.5 Å². The number of morpholine rings is 1. The third-order valence-electron chi connectivity index (χ3n) is 6.59. The van der Waals surface area contributed by atoms with E-state index in [1.807, 2.05) is 16.8 Å². The van der Waals surface area contributed by atoms with Gasteiger partial charge in [0, 0.05) is 41.0 Å². The van der Waals surface area contributed by atoms with Crippen molar-refractivity contribution in [3.63, 3.8) is 0 Å². The summed E-state index contributed by atoms with van der Waals surface area (Å²) in [7, 11) is 0. The molecule has 34 heavy (non-hydrogen) atoms. The number of ether oxygens (including phenoxy) is 1. The number of benzene rings is 1. The van der Waals surface area contributed by atoms with Crippen LogP contribution in [0.1, 0.15) is 18.4 Å². The van der Waals surface area contributed by atoms with Crippen LogP contribution in [0.2, 0.25) is 10.0 Å². The number of carbonyl (C=O) groups excluding carboxylic acids is 2. The number of halogens is 2. The minimum atomic E-state index is -0.866. The highest BCUT2D eigenvalue weighted by molar-refractivity contribution is 8.01. The summed E-state index contributed by atoms with van der Waals surface area (Å²) in [5.74, 6) is -0.423. The number of thioether (sulfide) groups is 1.